The summed E-state index contributed by atoms with van der Waals surface area (Å²) in [5, 5.41) is 0.308. The van der Waals surface area contributed by atoms with Crippen LogP contribution in [0.15, 0.2) is 0 Å². The van der Waals surface area contributed by atoms with Gasteiger partial charge in [0.2, 0.25) is 0 Å². The van der Waals surface area contributed by atoms with E-state index in [4.69, 9.17) is 13.9 Å². The first-order valence-electron chi connectivity index (χ1n) is 6.52. The fourth-order valence-electron chi connectivity index (χ4n) is 1.09. The van der Waals surface area contributed by atoms with Gasteiger partial charge in [-0.25, -0.2) is 0 Å². The molecule has 0 radical (unpaired) electrons. The lowest BCUT2D eigenvalue weighted by atomic mass is 10.2. The molecule has 0 aromatic rings. The fourth-order valence-corrected chi connectivity index (χ4v) is 2.18. The van der Waals surface area contributed by atoms with Gasteiger partial charge in [0.1, 0.15) is 0 Å². The average Bonchev–Trinajstić information content (AvgIpc) is 2.20. The third kappa shape index (κ3) is 7.92. The number of unbranched alkanes of at least 4 members (excludes halogenated alkanes) is 1. The molecule has 0 N–H and O–H groups in total. The van der Waals surface area contributed by atoms with Crippen LogP contribution in [0.25, 0.3) is 0 Å². The normalized spacial score (nSPS) is 13.1. The molecule has 17 heavy (non-hydrogen) atoms. The van der Waals surface area contributed by atoms with E-state index in [2.05, 4.69) is 33.9 Å². The minimum absolute atomic E-state index is 0.308. The summed E-state index contributed by atoms with van der Waals surface area (Å²) in [5.41, 5.74) is 0. The number of rotatable bonds is 9. The predicted octanol–water partition coefficient (Wildman–Crippen LogP) is 3.45. The lowest BCUT2D eigenvalue weighted by Crippen LogP contribution is -2.40. The van der Waals surface area contributed by atoms with Gasteiger partial charge in [-0.1, -0.05) is 20.8 Å². The van der Waals surface area contributed by atoms with Crippen molar-refractivity contribution in [1.82, 2.24) is 0 Å². The Kier molecular flexibility index (Phi) is 8.29. The maximum atomic E-state index is 6.08. The molecule has 0 atom stereocenters. The van der Waals surface area contributed by atoms with E-state index in [1.165, 1.54) is 0 Å². The molecule has 0 amide bonds. The standard InChI is InChI=1S/C13H30O3Si/c1-13(2,3)17(5,6)16-10-8-7-9-15-12-11-14-4/h7-12H2,1-6H3. The van der Waals surface area contributed by atoms with E-state index < -0.39 is 8.32 Å². The number of hydrogen-bond donors (Lipinski definition) is 0. The van der Waals surface area contributed by atoms with Crippen molar-refractivity contribution in [1.29, 1.82) is 0 Å². The summed E-state index contributed by atoms with van der Waals surface area (Å²) < 4.78 is 16.4. The van der Waals surface area contributed by atoms with Gasteiger partial charge in [-0.3, -0.25) is 0 Å². The molecule has 0 aromatic carbocycles. The maximum absolute atomic E-state index is 6.08. The van der Waals surface area contributed by atoms with Gasteiger partial charge in [0.25, 0.3) is 0 Å². The van der Waals surface area contributed by atoms with Crippen molar-refractivity contribution in [2.75, 3.05) is 33.5 Å². The molecule has 0 spiro atoms. The zero-order chi connectivity index (χ0) is 13.4. The minimum Gasteiger partial charge on any atom is -0.417 e. The molecule has 0 saturated heterocycles. The van der Waals surface area contributed by atoms with Crippen molar-refractivity contribution in [3.05, 3.63) is 0 Å². The van der Waals surface area contributed by atoms with Crippen LogP contribution in [-0.4, -0.2) is 41.9 Å². The van der Waals surface area contributed by atoms with Gasteiger partial charge in [0, 0.05) is 20.3 Å². The van der Waals surface area contributed by atoms with Gasteiger partial charge in [0.05, 0.1) is 13.2 Å². The highest BCUT2D eigenvalue weighted by atomic mass is 28.4. The van der Waals surface area contributed by atoms with Gasteiger partial charge >= 0.3 is 0 Å². The van der Waals surface area contributed by atoms with Crippen LogP contribution < -0.4 is 0 Å². The molecule has 0 aromatic heterocycles. The van der Waals surface area contributed by atoms with Crippen LogP contribution in [0.3, 0.4) is 0 Å². The van der Waals surface area contributed by atoms with Crippen LogP contribution >= 0.6 is 0 Å². The van der Waals surface area contributed by atoms with Crippen LogP contribution in [0.1, 0.15) is 33.6 Å². The summed E-state index contributed by atoms with van der Waals surface area (Å²) in [6.07, 6.45) is 2.15. The van der Waals surface area contributed by atoms with Crippen LogP contribution in [-0.2, 0) is 13.9 Å². The van der Waals surface area contributed by atoms with E-state index in [1.807, 2.05) is 0 Å². The summed E-state index contributed by atoms with van der Waals surface area (Å²) >= 11 is 0. The third-order valence-electron chi connectivity index (χ3n) is 3.38. The molecular formula is C13H30O3Si. The molecule has 0 aliphatic rings. The third-order valence-corrected chi connectivity index (χ3v) is 7.92. The van der Waals surface area contributed by atoms with Gasteiger partial charge in [-0.15, -0.1) is 0 Å². The van der Waals surface area contributed by atoms with Crippen molar-refractivity contribution in [2.45, 2.75) is 51.7 Å². The molecule has 0 aliphatic carbocycles. The second-order valence-electron chi connectivity index (χ2n) is 5.92. The SMILES string of the molecule is COCCOCCCCO[Si](C)(C)C(C)(C)C. The van der Waals surface area contributed by atoms with Crippen LogP contribution in [0, 0.1) is 0 Å². The topological polar surface area (TPSA) is 27.7 Å². The number of ether oxygens (including phenoxy) is 2. The summed E-state index contributed by atoms with van der Waals surface area (Å²) in [7, 11) is 0.144. The Labute approximate surface area is 108 Å². The molecule has 0 aliphatic heterocycles. The molecule has 0 heterocycles. The minimum atomic E-state index is -1.55. The molecule has 4 heteroatoms. The average molecular weight is 262 g/mol. The lowest BCUT2D eigenvalue weighted by molar-refractivity contribution is 0.0672. The van der Waals surface area contributed by atoms with Gasteiger partial charge < -0.3 is 13.9 Å². The number of methoxy groups -OCH3 is 1. The van der Waals surface area contributed by atoms with Crippen LogP contribution in [0.5, 0.6) is 0 Å². The first-order valence-corrected chi connectivity index (χ1v) is 9.43. The molecule has 0 saturated carbocycles. The van der Waals surface area contributed by atoms with Crippen LogP contribution in [0.2, 0.25) is 18.1 Å². The Morgan fingerprint density at radius 2 is 1.47 bits per heavy atom. The number of hydrogen-bond acceptors (Lipinski definition) is 3. The monoisotopic (exact) mass is 262 g/mol. The van der Waals surface area contributed by atoms with E-state index in [1.54, 1.807) is 7.11 Å². The maximum Gasteiger partial charge on any atom is 0.191 e. The van der Waals surface area contributed by atoms with Crippen molar-refractivity contribution in [2.24, 2.45) is 0 Å². The van der Waals surface area contributed by atoms with Crippen molar-refractivity contribution >= 4 is 8.32 Å². The molecular weight excluding hydrogens is 232 g/mol. The lowest BCUT2D eigenvalue weighted by Gasteiger charge is -2.36. The van der Waals surface area contributed by atoms with Gasteiger partial charge in [0.15, 0.2) is 8.32 Å². The van der Waals surface area contributed by atoms with E-state index in [9.17, 15) is 0 Å². The van der Waals surface area contributed by atoms with E-state index >= 15 is 0 Å². The smallest absolute Gasteiger partial charge is 0.191 e. The predicted molar refractivity (Wildman–Crippen MR) is 75.1 cm³/mol. The highest BCUT2D eigenvalue weighted by molar-refractivity contribution is 6.74. The van der Waals surface area contributed by atoms with Gasteiger partial charge in [-0.2, -0.15) is 0 Å². The fraction of sp³-hybridized carbons (Fsp3) is 1.00. The highest BCUT2D eigenvalue weighted by Crippen LogP contribution is 2.36. The highest BCUT2D eigenvalue weighted by Gasteiger charge is 2.36. The zero-order valence-electron chi connectivity index (χ0n) is 12.5. The van der Waals surface area contributed by atoms with Crippen molar-refractivity contribution in [3.63, 3.8) is 0 Å². The zero-order valence-corrected chi connectivity index (χ0v) is 13.5. The van der Waals surface area contributed by atoms with Crippen molar-refractivity contribution < 1.29 is 13.9 Å². The second-order valence-corrected chi connectivity index (χ2v) is 10.7. The Bertz CT molecular complexity index is 188. The van der Waals surface area contributed by atoms with E-state index in [0.717, 1.165) is 26.1 Å². The molecule has 104 valence electrons. The Morgan fingerprint density at radius 1 is 0.882 bits per heavy atom. The summed E-state index contributed by atoms with van der Waals surface area (Å²) in [4.78, 5) is 0. The quantitative estimate of drug-likeness (QED) is 0.470. The van der Waals surface area contributed by atoms with E-state index in [0.29, 0.717) is 18.3 Å². The summed E-state index contributed by atoms with van der Waals surface area (Å²) in [5.74, 6) is 0. The second kappa shape index (κ2) is 8.24. The van der Waals surface area contributed by atoms with Crippen LogP contribution in [0.4, 0.5) is 0 Å². The molecule has 0 bridgehead atoms. The molecule has 0 unspecified atom stereocenters. The Balaban J connectivity index is 3.46. The first-order chi connectivity index (χ1) is 7.81. The molecule has 0 fully saturated rings. The van der Waals surface area contributed by atoms with Gasteiger partial charge in [-0.05, 0) is 31.0 Å². The Hall–Kier alpha value is 0.0969. The Morgan fingerprint density at radius 3 is 2.00 bits per heavy atom. The van der Waals surface area contributed by atoms with Crippen molar-refractivity contribution in [3.8, 4) is 0 Å². The summed E-state index contributed by atoms with van der Waals surface area (Å²) in [6.45, 7) is 14.5. The van der Waals surface area contributed by atoms with E-state index in [-0.39, 0.29) is 0 Å². The summed E-state index contributed by atoms with van der Waals surface area (Å²) in [6, 6.07) is 0. The first kappa shape index (κ1) is 17.1. The largest absolute Gasteiger partial charge is 0.417 e. The molecule has 3 nitrogen and oxygen atoms in total. The molecule has 0 rings (SSSR count).